The van der Waals surface area contributed by atoms with E-state index in [1.807, 2.05) is 0 Å². The number of benzene rings is 1. The number of anilines is 1. The fourth-order valence-electron chi connectivity index (χ4n) is 3.90. The van der Waals surface area contributed by atoms with Crippen LogP contribution in [0.5, 0.6) is 0 Å². The molecule has 2 aliphatic rings. The number of esters is 1. The Hall–Kier alpha value is -2.39. The van der Waals surface area contributed by atoms with Crippen molar-refractivity contribution in [3.8, 4) is 0 Å². The van der Waals surface area contributed by atoms with Crippen LogP contribution in [0, 0.1) is 0 Å². The SMILES string of the molecule is CC1C=C(C(=O)OCC(Cl)(Cl)Cl)N2C(=O)C(NC(=O)C(NC(=O)OC(C)(C)C)c3cccc(NS(C)(=O)=O)c3)[C@@H]2S1. The lowest BCUT2D eigenvalue weighted by molar-refractivity contribution is -0.153. The van der Waals surface area contributed by atoms with Crippen LogP contribution in [0.2, 0.25) is 0 Å². The first-order valence-electron chi connectivity index (χ1n) is 12.1. The van der Waals surface area contributed by atoms with Gasteiger partial charge in [0, 0.05) is 10.9 Å². The van der Waals surface area contributed by atoms with Gasteiger partial charge < -0.3 is 20.1 Å². The van der Waals surface area contributed by atoms with Crippen molar-refractivity contribution in [1.29, 1.82) is 0 Å². The van der Waals surface area contributed by atoms with Gasteiger partial charge in [-0.2, -0.15) is 0 Å². The summed E-state index contributed by atoms with van der Waals surface area (Å²) in [4.78, 5) is 53.1. The van der Waals surface area contributed by atoms with E-state index in [1.165, 1.54) is 47.0 Å². The maximum Gasteiger partial charge on any atom is 0.408 e. The minimum absolute atomic E-state index is 0.0472. The number of sulfonamides is 1. The van der Waals surface area contributed by atoms with Gasteiger partial charge in [0.25, 0.3) is 5.91 Å². The number of ether oxygens (including phenoxy) is 2. The van der Waals surface area contributed by atoms with E-state index in [0.717, 1.165) is 6.26 Å². The maximum atomic E-state index is 13.5. The Balaban J connectivity index is 1.83. The highest BCUT2D eigenvalue weighted by Gasteiger charge is 2.54. The third kappa shape index (κ3) is 9.30. The van der Waals surface area contributed by atoms with Crippen molar-refractivity contribution in [1.82, 2.24) is 15.5 Å². The molecular weight excluding hydrogens is 643 g/mol. The molecule has 3 unspecified atom stereocenters. The van der Waals surface area contributed by atoms with Gasteiger partial charge in [0.15, 0.2) is 0 Å². The Morgan fingerprint density at radius 1 is 1.17 bits per heavy atom. The molecule has 0 radical (unpaired) electrons. The molecule has 1 saturated heterocycles. The van der Waals surface area contributed by atoms with E-state index in [0.29, 0.717) is 0 Å². The summed E-state index contributed by atoms with van der Waals surface area (Å²) in [6.45, 7) is 6.19. The van der Waals surface area contributed by atoms with Crippen LogP contribution in [-0.2, 0) is 33.9 Å². The van der Waals surface area contributed by atoms with E-state index in [9.17, 15) is 27.6 Å². The highest BCUT2D eigenvalue weighted by atomic mass is 35.6. The summed E-state index contributed by atoms with van der Waals surface area (Å²) in [6, 6.07) is 3.41. The molecule has 1 aromatic carbocycles. The Morgan fingerprint density at radius 2 is 1.83 bits per heavy atom. The zero-order valence-electron chi connectivity index (χ0n) is 22.6. The highest BCUT2D eigenvalue weighted by molar-refractivity contribution is 8.00. The zero-order chi connectivity index (χ0) is 30.9. The second kappa shape index (κ2) is 12.5. The number of nitrogens with zero attached hydrogens (tertiary/aromatic N) is 1. The van der Waals surface area contributed by atoms with Crippen LogP contribution in [0.3, 0.4) is 0 Å². The van der Waals surface area contributed by atoms with Gasteiger partial charge in [-0.1, -0.05) is 46.9 Å². The van der Waals surface area contributed by atoms with Crippen LogP contribution < -0.4 is 15.4 Å². The number of carbonyl (C=O) groups is 4. The van der Waals surface area contributed by atoms with Crippen LogP contribution in [-0.4, -0.2) is 76.1 Å². The monoisotopic (exact) mass is 670 g/mol. The summed E-state index contributed by atoms with van der Waals surface area (Å²) < 4.78 is 34.2. The van der Waals surface area contributed by atoms with Crippen molar-refractivity contribution in [2.75, 3.05) is 17.6 Å². The van der Waals surface area contributed by atoms with Crippen LogP contribution in [0.4, 0.5) is 10.5 Å². The number of amides is 3. The summed E-state index contributed by atoms with van der Waals surface area (Å²) in [5, 5.41) is 4.21. The molecule has 17 heteroatoms. The van der Waals surface area contributed by atoms with Crippen LogP contribution in [0.15, 0.2) is 36.0 Å². The summed E-state index contributed by atoms with van der Waals surface area (Å²) in [5.74, 6) is -2.23. The average molecular weight is 672 g/mol. The number of carbonyl (C=O) groups excluding carboxylic acids is 4. The number of thioether (sulfide) groups is 1. The fraction of sp³-hybridized carbons (Fsp3) is 0.500. The first-order valence-corrected chi connectivity index (χ1v) is 16.0. The second-order valence-corrected chi connectivity index (χ2v) is 16.0. The minimum Gasteiger partial charge on any atom is -0.456 e. The summed E-state index contributed by atoms with van der Waals surface area (Å²) >= 11 is 18.3. The quantitative estimate of drug-likeness (QED) is 0.214. The van der Waals surface area contributed by atoms with Crippen molar-refractivity contribution in [3.05, 3.63) is 41.6 Å². The molecule has 12 nitrogen and oxygen atoms in total. The molecule has 2 heterocycles. The molecule has 0 aliphatic carbocycles. The van der Waals surface area contributed by atoms with Crippen LogP contribution in [0.25, 0.3) is 0 Å². The van der Waals surface area contributed by atoms with E-state index < -0.39 is 67.4 Å². The van der Waals surface area contributed by atoms with Gasteiger partial charge in [-0.3, -0.25) is 19.2 Å². The smallest absolute Gasteiger partial charge is 0.408 e. The van der Waals surface area contributed by atoms with E-state index in [-0.39, 0.29) is 22.2 Å². The molecule has 2 aliphatic heterocycles. The molecule has 0 bridgehead atoms. The lowest BCUT2D eigenvalue weighted by atomic mass is 10.0. The van der Waals surface area contributed by atoms with Crippen molar-refractivity contribution in [2.45, 2.75) is 59.8 Å². The van der Waals surface area contributed by atoms with E-state index in [2.05, 4.69) is 15.4 Å². The number of nitrogens with one attached hydrogen (secondary N) is 3. The molecule has 0 saturated carbocycles. The number of hydrogen-bond acceptors (Lipinski definition) is 9. The molecule has 0 aromatic heterocycles. The number of rotatable bonds is 8. The van der Waals surface area contributed by atoms with Crippen molar-refractivity contribution in [3.63, 3.8) is 0 Å². The van der Waals surface area contributed by atoms with E-state index >= 15 is 0 Å². The molecule has 3 amide bonds. The largest absolute Gasteiger partial charge is 0.456 e. The number of alkyl halides is 3. The predicted molar refractivity (Wildman–Crippen MR) is 156 cm³/mol. The lowest BCUT2D eigenvalue weighted by Crippen LogP contribution is -2.71. The van der Waals surface area contributed by atoms with Crippen molar-refractivity contribution >= 4 is 86.2 Å². The normalized spacial score (nSPS) is 21.5. The van der Waals surface area contributed by atoms with Gasteiger partial charge in [-0.15, -0.1) is 11.8 Å². The molecule has 41 heavy (non-hydrogen) atoms. The summed E-state index contributed by atoms with van der Waals surface area (Å²) in [5.41, 5.74) is -0.558. The molecule has 0 spiro atoms. The highest BCUT2D eigenvalue weighted by Crippen LogP contribution is 2.41. The number of hydrogen-bond donors (Lipinski definition) is 3. The van der Waals surface area contributed by atoms with Crippen LogP contribution in [0.1, 0.15) is 39.3 Å². The van der Waals surface area contributed by atoms with Gasteiger partial charge in [-0.05, 0) is 51.5 Å². The first kappa shape index (κ1) is 33.1. The van der Waals surface area contributed by atoms with Crippen molar-refractivity contribution in [2.24, 2.45) is 0 Å². The van der Waals surface area contributed by atoms with Gasteiger partial charge in [-0.25, -0.2) is 18.0 Å². The molecule has 1 aromatic rings. The number of halogens is 3. The van der Waals surface area contributed by atoms with E-state index in [4.69, 9.17) is 44.3 Å². The molecule has 3 N–H and O–H groups in total. The molecular formula is C24H29Cl3N4O8S2. The Labute approximate surface area is 256 Å². The van der Waals surface area contributed by atoms with E-state index in [1.54, 1.807) is 27.7 Å². The molecule has 226 valence electrons. The third-order valence-corrected chi connectivity index (χ3v) is 7.63. The number of β-lactam (4-membered cyclic amide) rings is 1. The molecule has 3 rings (SSSR count). The standard InChI is InChI=1S/C24H29Cl3N4O8S2/c1-12-9-15(21(34)38-11-24(25,26)27)31-19(33)17(20(31)40-12)28-18(32)16(29-22(35)39-23(2,3)4)13-7-6-8-14(10-13)30-41(5,36)37/h6-10,12,16-17,20,30H,11H2,1-5H3,(H,28,32)(H,29,35)/t12?,16?,17?,20-/m0/s1. The average Bonchev–Trinajstić information content (AvgIpc) is 2.81. The molecule has 4 atom stereocenters. The Bertz CT molecular complexity index is 1360. The van der Waals surface area contributed by atoms with Gasteiger partial charge in [0.2, 0.25) is 19.7 Å². The Morgan fingerprint density at radius 3 is 2.41 bits per heavy atom. The van der Waals surface area contributed by atoms with Crippen molar-refractivity contribution < 1.29 is 37.1 Å². The summed E-state index contributed by atoms with van der Waals surface area (Å²) in [7, 11) is -3.63. The second-order valence-electron chi connectivity index (χ2n) is 10.2. The predicted octanol–water partition coefficient (Wildman–Crippen LogP) is 3.21. The fourth-order valence-corrected chi connectivity index (χ4v) is 5.95. The zero-order valence-corrected chi connectivity index (χ0v) is 26.5. The van der Waals surface area contributed by atoms with Gasteiger partial charge in [0.1, 0.15) is 35.4 Å². The maximum absolute atomic E-state index is 13.5. The lowest BCUT2D eigenvalue weighted by Gasteiger charge is -2.50. The molecule has 1 fully saturated rings. The van der Waals surface area contributed by atoms with Crippen LogP contribution >= 0.6 is 46.6 Å². The Kier molecular flexibility index (Phi) is 10.1. The first-order chi connectivity index (χ1) is 18.7. The number of fused-ring (bicyclic) bond motifs is 1. The van der Waals surface area contributed by atoms with Gasteiger partial charge in [0.05, 0.1) is 6.26 Å². The summed E-state index contributed by atoms with van der Waals surface area (Å²) in [6.07, 6.45) is 1.59. The number of alkyl carbamates (subject to hydrolysis) is 1. The topological polar surface area (TPSA) is 160 Å². The minimum atomic E-state index is -3.63. The van der Waals surface area contributed by atoms with Gasteiger partial charge >= 0.3 is 12.1 Å². The third-order valence-electron chi connectivity index (χ3n) is 5.37.